The van der Waals surface area contributed by atoms with E-state index in [9.17, 15) is 4.79 Å². The SMILES string of the molecule is COc1ccc(CNC(=O)NC2CC2c2ccccc2)cn1. The number of methoxy groups -OCH3 is 1. The van der Waals surface area contributed by atoms with E-state index in [0.29, 0.717) is 18.3 Å². The molecule has 0 radical (unpaired) electrons. The van der Waals surface area contributed by atoms with E-state index in [0.717, 1.165) is 12.0 Å². The molecule has 114 valence electrons. The van der Waals surface area contributed by atoms with Gasteiger partial charge in [-0.1, -0.05) is 36.4 Å². The summed E-state index contributed by atoms with van der Waals surface area (Å²) in [6, 6.07) is 14.0. The summed E-state index contributed by atoms with van der Waals surface area (Å²) in [4.78, 5) is 16.0. The standard InChI is InChI=1S/C17H19N3O2/c1-22-16-8-7-12(10-18-16)11-19-17(21)20-15-9-14(15)13-5-3-2-4-6-13/h2-8,10,14-15H,9,11H2,1H3,(H2,19,20,21). The van der Waals surface area contributed by atoms with E-state index < -0.39 is 0 Å². The zero-order chi connectivity index (χ0) is 15.4. The number of carbonyl (C=O) groups is 1. The summed E-state index contributed by atoms with van der Waals surface area (Å²) in [7, 11) is 1.58. The highest BCUT2D eigenvalue weighted by Crippen LogP contribution is 2.40. The molecule has 1 saturated carbocycles. The summed E-state index contributed by atoms with van der Waals surface area (Å²) < 4.78 is 5.00. The summed E-state index contributed by atoms with van der Waals surface area (Å²) in [5.74, 6) is 1.01. The first kappa shape index (κ1) is 14.4. The van der Waals surface area contributed by atoms with Crippen molar-refractivity contribution in [1.29, 1.82) is 0 Å². The number of hydrogen-bond acceptors (Lipinski definition) is 3. The van der Waals surface area contributed by atoms with E-state index in [1.165, 1.54) is 5.56 Å². The van der Waals surface area contributed by atoms with Crippen molar-refractivity contribution < 1.29 is 9.53 Å². The van der Waals surface area contributed by atoms with Crippen LogP contribution >= 0.6 is 0 Å². The van der Waals surface area contributed by atoms with Crippen molar-refractivity contribution in [3.05, 3.63) is 59.8 Å². The zero-order valence-electron chi connectivity index (χ0n) is 12.5. The third kappa shape index (κ3) is 3.55. The molecule has 5 heteroatoms. The number of ether oxygens (including phenoxy) is 1. The van der Waals surface area contributed by atoms with Crippen LogP contribution in [0.3, 0.4) is 0 Å². The van der Waals surface area contributed by atoms with E-state index >= 15 is 0 Å². The van der Waals surface area contributed by atoms with E-state index in [2.05, 4.69) is 27.8 Å². The minimum atomic E-state index is -0.140. The molecule has 5 nitrogen and oxygen atoms in total. The fourth-order valence-corrected chi connectivity index (χ4v) is 2.46. The number of benzene rings is 1. The number of carbonyl (C=O) groups excluding carboxylic acids is 1. The van der Waals surface area contributed by atoms with E-state index in [1.807, 2.05) is 24.3 Å². The molecule has 2 atom stereocenters. The maximum Gasteiger partial charge on any atom is 0.315 e. The average molecular weight is 297 g/mol. The number of hydrogen-bond donors (Lipinski definition) is 2. The lowest BCUT2D eigenvalue weighted by Gasteiger charge is -2.08. The molecule has 0 spiro atoms. The molecule has 0 saturated heterocycles. The second-order valence-electron chi connectivity index (χ2n) is 5.40. The van der Waals surface area contributed by atoms with Crippen LogP contribution in [0.1, 0.15) is 23.5 Å². The Bertz CT molecular complexity index is 628. The van der Waals surface area contributed by atoms with Crippen molar-refractivity contribution >= 4 is 6.03 Å². The molecule has 1 aromatic carbocycles. The van der Waals surface area contributed by atoms with Crippen molar-refractivity contribution in [1.82, 2.24) is 15.6 Å². The molecule has 1 heterocycles. The van der Waals surface area contributed by atoms with Gasteiger partial charge in [0.2, 0.25) is 5.88 Å². The Kier molecular flexibility index (Phi) is 4.23. The van der Waals surface area contributed by atoms with Crippen molar-refractivity contribution in [2.45, 2.75) is 24.9 Å². The first-order valence-corrected chi connectivity index (χ1v) is 7.34. The molecular weight excluding hydrogens is 278 g/mol. The van der Waals surface area contributed by atoms with Gasteiger partial charge in [0.1, 0.15) is 0 Å². The molecule has 1 aromatic heterocycles. The van der Waals surface area contributed by atoms with Gasteiger partial charge in [-0.3, -0.25) is 0 Å². The number of pyridine rings is 1. The quantitative estimate of drug-likeness (QED) is 0.891. The fourth-order valence-electron chi connectivity index (χ4n) is 2.46. The van der Waals surface area contributed by atoms with Crippen molar-refractivity contribution in [2.24, 2.45) is 0 Å². The Morgan fingerprint density at radius 2 is 2.09 bits per heavy atom. The van der Waals surface area contributed by atoms with Gasteiger partial charge in [0.25, 0.3) is 0 Å². The van der Waals surface area contributed by atoms with E-state index in [4.69, 9.17) is 4.74 Å². The smallest absolute Gasteiger partial charge is 0.315 e. The Labute approximate surface area is 129 Å². The van der Waals surface area contributed by atoms with Gasteiger partial charge in [-0.15, -0.1) is 0 Å². The van der Waals surface area contributed by atoms with Crippen LogP contribution in [-0.2, 0) is 6.54 Å². The number of urea groups is 1. The number of amides is 2. The largest absolute Gasteiger partial charge is 0.481 e. The topological polar surface area (TPSA) is 63.2 Å². The Morgan fingerprint density at radius 1 is 1.27 bits per heavy atom. The fraction of sp³-hybridized carbons (Fsp3) is 0.294. The average Bonchev–Trinajstić information content (AvgIpc) is 3.33. The highest BCUT2D eigenvalue weighted by atomic mass is 16.5. The van der Waals surface area contributed by atoms with Crippen LogP contribution in [0, 0.1) is 0 Å². The maximum absolute atomic E-state index is 11.9. The summed E-state index contributed by atoms with van der Waals surface area (Å²) >= 11 is 0. The maximum atomic E-state index is 11.9. The summed E-state index contributed by atoms with van der Waals surface area (Å²) in [6.45, 7) is 0.450. The molecule has 2 N–H and O–H groups in total. The molecule has 0 bridgehead atoms. The molecular formula is C17H19N3O2. The molecule has 0 aliphatic heterocycles. The Hall–Kier alpha value is -2.56. The monoisotopic (exact) mass is 297 g/mol. The van der Waals surface area contributed by atoms with Gasteiger partial charge in [0.05, 0.1) is 7.11 Å². The number of rotatable bonds is 5. The number of aromatic nitrogens is 1. The molecule has 2 amide bonds. The van der Waals surface area contributed by atoms with Crippen molar-refractivity contribution in [3.63, 3.8) is 0 Å². The van der Waals surface area contributed by atoms with Crippen LogP contribution < -0.4 is 15.4 Å². The first-order valence-electron chi connectivity index (χ1n) is 7.34. The Morgan fingerprint density at radius 3 is 2.77 bits per heavy atom. The van der Waals surface area contributed by atoms with Crippen LogP contribution in [0.15, 0.2) is 48.7 Å². The summed E-state index contributed by atoms with van der Waals surface area (Å²) in [6.07, 6.45) is 2.70. The van der Waals surface area contributed by atoms with Crippen LogP contribution in [0.2, 0.25) is 0 Å². The number of nitrogens with zero attached hydrogens (tertiary/aromatic N) is 1. The molecule has 2 unspecified atom stereocenters. The normalized spacial score (nSPS) is 19.3. The third-order valence-electron chi connectivity index (χ3n) is 3.79. The van der Waals surface area contributed by atoms with Gasteiger partial charge in [-0.2, -0.15) is 0 Å². The van der Waals surface area contributed by atoms with Gasteiger partial charge in [0, 0.05) is 30.8 Å². The molecule has 1 aliphatic rings. The van der Waals surface area contributed by atoms with Crippen molar-refractivity contribution in [3.8, 4) is 5.88 Å². The molecule has 3 rings (SSSR count). The van der Waals surface area contributed by atoms with Gasteiger partial charge < -0.3 is 15.4 Å². The Balaban J connectivity index is 1.43. The van der Waals surface area contributed by atoms with Crippen LogP contribution in [0.4, 0.5) is 4.79 Å². The first-order chi connectivity index (χ1) is 10.8. The predicted molar refractivity (Wildman–Crippen MR) is 83.7 cm³/mol. The van der Waals surface area contributed by atoms with Gasteiger partial charge in [0.15, 0.2) is 0 Å². The minimum Gasteiger partial charge on any atom is -0.481 e. The predicted octanol–water partition coefficient (Wildman–Crippen LogP) is 2.45. The van der Waals surface area contributed by atoms with Crippen LogP contribution in [0.5, 0.6) is 5.88 Å². The lowest BCUT2D eigenvalue weighted by atomic mass is 10.1. The van der Waals surface area contributed by atoms with E-state index in [1.54, 1.807) is 19.4 Å². The summed E-state index contributed by atoms with van der Waals surface area (Å²) in [5.41, 5.74) is 2.22. The lowest BCUT2D eigenvalue weighted by molar-refractivity contribution is 0.240. The van der Waals surface area contributed by atoms with Gasteiger partial charge >= 0.3 is 6.03 Å². The van der Waals surface area contributed by atoms with Crippen molar-refractivity contribution in [2.75, 3.05) is 7.11 Å². The lowest BCUT2D eigenvalue weighted by Crippen LogP contribution is -2.36. The highest BCUT2D eigenvalue weighted by Gasteiger charge is 2.39. The molecule has 2 aromatic rings. The van der Waals surface area contributed by atoms with E-state index in [-0.39, 0.29) is 12.1 Å². The second kappa shape index (κ2) is 6.47. The van der Waals surface area contributed by atoms with Crippen LogP contribution in [0.25, 0.3) is 0 Å². The third-order valence-corrected chi connectivity index (χ3v) is 3.79. The molecule has 1 aliphatic carbocycles. The van der Waals surface area contributed by atoms with Gasteiger partial charge in [-0.05, 0) is 17.5 Å². The van der Waals surface area contributed by atoms with Gasteiger partial charge in [-0.25, -0.2) is 9.78 Å². The molecule has 22 heavy (non-hydrogen) atoms. The second-order valence-corrected chi connectivity index (χ2v) is 5.40. The van der Waals surface area contributed by atoms with Crippen LogP contribution in [-0.4, -0.2) is 24.2 Å². The molecule has 1 fully saturated rings. The minimum absolute atomic E-state index is 0.140. The highest BCUT2D eigenvalue weighted by molar-refractivity contribution is 5.74. The number of nitrogens with one attached hydrogen (secondary N) is 2. The summed E-state index contributed by atoms with van der Waals surface area (Å²) in [5, 5.41) is 5.85. The zero-order valence-corrected chi connectivity index (χ0v) is 12.5.